The van der Waals surface area contributed by atoms with Crippen LogP contribution in [-0.4, -0.2) is 37.6 Å². The number of aliphatic imine (C=N–C) groups is 1. The Labute approximate surface area is 128 Å². The van der Waals surface area contributed by atoms with Crippen molar-refractivity contribution in [1.29, 1.82) is 0 Å². The Morgan fingerprint density at radius 3 is 3.00 bits per heavy atom. The molecule has 110 valence electrons. The standard InChI is InChI=1S/C14H19ClFN3S/c1-17-14(18-6-7-20-2)19-12-8-9(12)13-10(15)4-3-5-11(13)16/h3-5,9,12H,6-8H2,1-2H3,(H2,17,18,19). The molecule has 0 heterocycles. The fourth-order valence-corrected chi connectivity index (χ4v) is 2.79. The fourth-order valence-electron chi connectivity index (χ4n) is 2.18. The number of thioether (sulfide) groups is 1. The third-order valence-corrected chi connectivity index (χ3v) is 4.25. The van der Waals surface area contributed by atoms with Gasteiger partial charge in [-0.05, 0) is 24.8 Å². The molecule has 0 radical (unpaired) electrons. The van der Waals surface area contributed by atoms with Crippen LogP contribution in [0.5, 0.6) is 0 Å². The third kappa shape index (κ3) is 3.79. The highest BCUT2D eigenvalue weighted by atomic mass is 35.5. The summed E-state index contributed by atoms with van der Waals surface area (Å²) in [5.74, 6) is 1.69. The second kappa shape index (κ2) is 7.18. The molecule has 2 unspecified atom stereocenters. The number of benzene rings is 1. The molecule has 0 aromatic heterocycles. The summed E-state index contributed by atoms with van der Waals surface area (Å²) >= 11 is 7.86. The van der Waals surface area contributed by atoms with Crippen LogP contribution in [0.25, 0.3) is 0 Å². The van der Waals surface area contributed by atoms with Crippen LogP contribution in [-0.2, 0) is 0 Å². The topological polar surface area (TPSA) is 36.4 Å². The van der Waals surface area contributed by atoms with Crippen LogP contribution in [0.4, 0.5) is 4.39 Å². The number of halogens is 2. The van der Waals surface area contributed by atoms with Crippen molar-refractivity contribution in [2.45, 2.75) is 18.4 Å². The summed E-state index contributed by atoms with van der Waals surface area (Å²) in [4.78, 5) is 4.17. The van der Waals surface area contributed by atoms with Crippen molar-refractivity contribution >= 4 is 29.3 Å². The summed E-state index contributed by atoms with van der Waals surface area (Å²) in [6, 6.07) is 5.03. The lowest BCUT2D eigenvalue weighted by atomic mass is 10.1. The van der Waals surface area contributed by atoms with Gasteiger partial charge in [0.2, 0.25) is 0 Å². The molecular weight excluding hydrogens is 297 g/mol. The Morgan fingerprint density at radius 2 is 2.35 bits per heavy atom. The van der Waals surface area contributed by atoms with Gasteiger partial charge in [-0.1, -0.05) is 17.7 Å². The van der Waals surface area contributed by atoms with E-state index < -0.39 is 0 Å². The number of guanidine groups is 1. The number of hydrogen-bond acceptors (Lipinski definition) is 2. The molecule has 3 nitrogen and oxygen atoms in total. The molecule has 1 aliphatic rings. The Morgan fingerprint density at radius 1 is 1.55 bits per heavy atom. The molecule has 0 amide bonds. The van der Waals surface area contributed by atoms with E-state index in [9.17, 15) is 4.39 Å². The normalized spacial score (nSPS) is 21.7. The molecule has 2 atom stereocenters. The van der Waals surface area contributed by atoms with Gasteiger partial charge in [-0.25, -0.2) is 4.39 Å². The maximum absolute atomic E-state index is 13.8. The minimum absolute atomic E-state index is 0.128. The van der Waals surface area contributed by atoms with E-state index in [1.165, 1.54) is 6.07 Å². The highest BCUT2D eigenvalue weighted by molar-refractivity contribution is 7.98. The lowest BCUT2D eigenvalue weighted by Gasteiger charge is -2.12. The lowest BCUT2D eigenvalue weighted by Crippen LogP contribution is -2.40. The van der Waals surface area contributed by atoms with Crippen molar-refractivity contribution < 1.29 is 4.39 Å². The molecule has 1 saturated carbocycles. The smallest absolute Gasteiger partial charge is 0.191 e. The van der Waals surface area contributed by atoms with Crippen molar-refractivity contribution in [3.05, 3.63) is 34.6 Å². The molecule has 0 bridgehead atoms. The summed E-state index contributed by atoms with van der Waals surface area (Å²) in [6.07, 6.45) is 2.94. The van der Waals surface area contributed by atoms with E-state index in [1.54, 1.807) is 30.9 Å². The quantitative estimate of drug-likeness (QED) is 0.498. The minimum atomic E-state index is -0.225. The first kappa shape index (κ1) is 15.4. The molecular formula is C14H19ClFN3S. The molecule has 1 fully saturated rings. The van der Waals surface area contributed by atoms with Gasteiger partial charge in [0.1, 0.15) is 5.82 Å². The SMILES string of the molecule is CN=C(NCCSC)NC1CC1c1c(F)cccc1Cl. The molecule has 1 aromatic carbocycles. The van der Waals surface area contributed by atoms with Crippen LogP contribution in [0.1, 0.15) is 17.9 Å². The first-order chi connectivity index (χ1) is 9.67. The molecule has 0 aliphatic heterocycles. The molecule has 20 heavy (non-hydrogen) atoms. The monoisotopic (exact) mass is 315 g/mol. The van der Waals surface area contributed by atoms with Gasteiger partial charge in [-0.3, -0.25) is 4.99 Å². The van der Waals surface area contributed by atoms with Crippen molar-refractivity contribution in [1.82, 2.24) is 10.6 Å². The Kier molecular flexibility index (Phi) is 5.54. The highest BCUT2D eigenvalue weighted by Gasteiger charge is 2.41. The van der Waals surface area contributed by atoms with Gasteiger partial charge in [0.15, 0.2) is 5.96 Å². The van der Waals surface area contributed by atoms with Gasteiger partial charge in [0, 0.05) is 41.9 Å². The van der Waals surface area contributed by atoms with Crippen LogP contribution in [0.2, 0.25) is 5.02 Å². The summed E-state index contributed by atoms with van der Waals surface area (Å²) in [6.45, 7) is 0.860. The molecule has 6 heteroatoms. The Balaban J connectivity index is 1.91. The average Bonchev–Trinajstić information content (AvgIpc) is 3.16. The molecule has 1 aromatic rings. The number of hydrogen-bond donors (Lipinski definition) is 2. The van der Waals surface area contributed by atoms with Gasteiger partial charge in [-0.15, -0.1) is 0 Å². The van der Waals surface area contributed by atoms with Crippen LogP contribution in [0, 0.1) is 5.82 Å². The highest BCUT2D eigenvalue weighted by Crippen LogP contribution is 2.44. The Hall–Kier alpha value is -0.940. The molecule has 0 spiro atoms. The average molecular weight is 316 g/mol. The van der Waals surface area contributed by atoms with E-state index in [1.807, 2.05) is 0 Å². The van der Waals surface area contributed by atoms with Crippen LogP contribution < -0.4 is 10.6 Å². The van der Waals surface area contributed by atoms with Crippen LogP contribution in [0.3, 0.4) is 0 Å². The summed E-state index contributed by atoms with van der Waals surface area (Å²) in [7, 11) is 1.74. The fraction of sp³-hybridized carbons (Fsp3) is 0.500. The van der Waals surface area contributed by atoms with Crippen molar-refractivity contribution in [3.8, 4) is 0 Å². The van der Waals surface area contributed by atoms with Gasteiger partial charge in [0.05, 0.1) is 0 Å². The van der Waals surface area contributed by atoms with Crippen LogP contribution in [0.15, 0.2) is 23.2 Å². The van der Waals surface area contributed by atoms with E-state index in [0.29, 0.717) is 10.6 Å². The molecule has 2 rings (SSSR count). The molecule has 0 saturated heterocycles. The number of nitrogens with one attached hydrogen (secondary N) is 2. The molecule has 1 aliphatic carbocycles. The number of rotatable bonds is 5. The van der Waals surface area contributed by atoms with E-state index >= 15 is 0 Å². The summed E-state index contributed by atoms with van der Waals surface area (Å²) in [5, 5.41) is 7.05. The maximum Gasteiger partial charge on any atom is 0.191 e. The van der Waals surface area contributed by atoms with Gasteiger partial charge in [0.25, 0.3) is 0 Å². The largest absolute Gasteiger partial charge is 0.356 e. The second-order valence-electron chi connectivity index (χ2n) is 4.72. The summed E-state index contributed by atoms with van der Waals surface area (Å²) in [5.41, 5.74) is 0.617. The van der Waals surface area contributed by atoms with Gasteiger partial charge in [-0.2, -0.15) is 11.8 Å². The van der Waals surface area contributed by atoms with Crippen LogP contribution >= 0.6 is 23.4 Å². The predicted molar refractivity (Wildman–Crippen MR) is 85.4 cm³/mol. The third-order valence-electron chi connectivity index (χ3n) is 3.31. The lowest BCUT2D eigenvalue weighted by molar-refractivity contribution is 0.608. The predicted octanol–water partition coefficient (Wildman–Crippen LogP) is 2.86. The van der Waals surface area contributed by atoms with Crippen molar-refractivity contribution in [2.75, 3.05) is 25.6 Å². The zero-order chi connectivity index (χ0) is 14.5. The van der Waals surface area contributed by atoms with E-state index in [2.05, 4.69) is 21.9 Å². The zero-order valence-electron chi connectivity index (χ0n) is 11.6. The number of nitrogens with zero attached hydrogens (tertiary/aromatic N) is 1. The summed E-state index contributed by atoms with van der Waals surface area (Å²) < 4.78 is 13.8. The second-order valence-corrected chi connectivity index (χ2v) is 6.11. The van der Waals surface area contributed by atoms with Gasteiger partial charge >= 0.3 is 0 Å². The minimum Gasteiger partial charge on any atom is -0.356 e. The molecule has 2 N–H and O–H groups in total. The zero-order valence-corrected chi connectivity index (χ0v) is 13.2. The van der Waals surface area contributed by atoms with Gasteiger partial charge < -0.3 is 10.6 Å². The first-order valence-electron chi connectivity index (χ1n) is 6.57. The van der Waals surface area contributed by atoms with E-state index in [0.717, 1.165) is 24.7 Å². The van der Waals surface area contributed by atoms with E-state index in [4.69, 9.17) is 11.6 Å². The Bertz CT molecular complexity index is 475. The first-order valence-corrected chi connectivity index (χ1v) is 8.34. The van der Waals surface area contributed by atoms with Crippen molar-refractivity contribution in [3.63, 3.8) is 0 Å². The maximum atomic E-state index is 13.8. The van der Waals surface area contributed by atoms with Crippen molar-refractivity contribution in [2.24, 2.45) is 4.99 Å². The van der Waals surface area contributed by atoms with E-state index in [-0.39, 0.29) is 17.8 Å².